The summed E-state index contributed by atoms with van der Waals surface area (Å²) < 4.78 is 74.3. The van der Waals surface area contributed by atoms with Crippen molar-refractivity contribution in [1.82, 2.24) is 25.0 Å². The van der Waals surface area contributed by atoms with Crippen molar-refractivity contribution in [2.24, 2.45) is 5.11 Å². The first kappa shape index (κ1) is 65.0. The number of nitrogens with zero attached hydrogens (tertiary/aromatic N) is 8. The Bertz CT molecular complexity index is 3970. The van der Waals surface area contributed by atoms with Crippen molar-refractivity contribution < 1.29 is 55.0 Å². The summed E-state index contributed by atoms with van der Waals surface area (Å²) in [5.74, 6) is 1.11. The molecule has 0 spiro atoms. The zero-order chi connectivity index (χ0) is 62.5. The number of sulfonamides is 2. The van der Waals surface area contributed by atoms with Gasteiger partial charge < -0.3 is 29.6 Å². The van der Waals surface area contributed by atoms with E-state index < -0.39 is 37.9 Å². The van der Waals surface area contributed by atoms with Crippen LogP contribution in [-0.4, -0.2) is 107 Å². The summed E-state index contributed by atoms with van der Waals surface area (Å²) >= 11 is 0. The molecule has 0 unspecified atom stereocenters. The third-order valence-electron chi connectivity index (χ3n) is 12.0. The summed E-state index contributed by atoms with van der Waals surface area (Å²) in [6, 6.07) is 20.2. The van der Waals surface area contributed by atoms with Gasteiger partial charge in [-0.2, -0.15) is 0 Å². The maximum atomic E-state index is 13.5. The Labute approximate surface area is 487 Å². The molecule has 440 valence electrons. The van der Waals surface area contributed by atoms with Gasteiger partial charge in [0.15, 0.2) is 11.5 Å². The largest absolute Gasteiger partial charge is 0.492 e. The van der Waals surface area contributed by atoms with Gasteiger partial charge in [0.25, 0.3) is 11.8 Å². The first-order valence-corrected chi connectivity index (χ1v) is 28.9. The summed E-state index contributed by atoms with van der Waals surface area (Å²) in [5, 5.41) is 17.4. The lowest BCUT2D eigenvalue weighted by Gasteiger charge is -2.24. The predicted octanol–water partition coefficient (Wildman–Crippen LogP) is 10.1. The number of nitrogens with one attached hydrogen (secondary N) is 4. The van der Waals surface area contributed by atoms with Crippen molar-refractivity contribution in [3.63, 3.8) is 0 Å². The number of carbonyl (C=O) groups is 4. The monoisotopic (exact) mass is 1180 g/mol. The molecule has 4 N–H and O–H groups in total. The number of methoxy groups -OCH3 is 4. The summed E-state index contributed by atoms with van der Waals surface area (Å²) in [5.41, 5.74) is 15.8. The third kappa shape index (κ3) is 17.6. The molecule has 0 aliphatic carbocycles. The summed E-state index contributed by atoms with van der Waals surface area (Å²) in [4.78, 5) is 59.6. The first-order valence-electron chi connectivity index (χ1n) is 25.1. The number of anilines is 4. The van der Waals surface area contributed by atoms with Crippen LogP contribution in [0.3, 0.4) is 0 Å². The van der Waals surface area contributed by atoms with Crippen molar-refractivity contribution in [3.05, 3.63) is 164 Å². The van der Waals surface area contributed by atoms with Crippen molar-refractivity contribution in [3.8, 4) is 40.8 Å². The first-order chi connectivity index (χ1) is 39.3. The lowest BCUT2D eigenvalue weighted by molar-refractivity contribution is 0.0591. The van der Waals surface area contributed by atoms with E-state index in [1.54, 1.807) is 72.9 Å². The highest BCUT2D eigenvalue weighted by Gasteiger charge is 2.25. The van der Waals surface area contributed by atoms with Gasteiger partial charge in [0.1, 0.15) is 5.69 Å². The van der Waals surface area contributed by atoms with Crippen LogP contribution in [-0.2, 0) is 40.4 Å². The highest BCUT2D eigenvalue weighted by molar-refractivity contribution is 7.92. The Morgan fingerprint density at radius 2 is 1.10 bits per heavy atom. The number of carbonyl (C=O) groups excluding carboxylic acids is 4. The highest BCUT2D eigenvalue weighted by atomic mass is 32.2. The number of azide groups is 1. The van der Waals surface area contributed by atoms with Gasteiger partial charge in [0, 0.05) is 45.8 Å². The normalized spacial score (nSPS) is 11.1. The van der Waals surface area contributed by atoms with Crippen molar-refractivity contribution in [2.45, 2.75) is 66.2 Å². The molecule has 24 nitrogen and oxygen atoms in total. The topological polar surface area (TPSA) is 327 Å². The Morgan fingerprint density at radius 3 is 1.55 bits per heavy atom. The van der Waals surface area contributed by atoms with Gasteiger partial charge in [0.05, 0.1) is 98.6 Å². The van der Waals surface area contributed by atoms with E-state index in [9.17, 15) is 36.0 Å². The van der Waals surface area contributed by atoms with E-state index in [-0.39, 0.29) is 56.4 Å². The fourth-order valence-corrected chi connectivity index (χ4v) is 8.81. The van der Waals surface area contributed by atoms with Crippen LogP contribution < -0.4 is 29.6 Å². The Hall–Kier alpha value is -9.83. The molecule has 0 bridgehead atoms. The minimum Gasteiger partial charge on any atom is -0.492 e. The second-order valence-electron chi connectivity index (χ2n) is 20.7. The van der Waals surface area contributed by atoms with Crippen LogP contribution in [0.15, 0.2) is 109 Å². The number of ether oxygens (including phenoxy) is 4. The fraction of sp³-hybridized carbons (Fsp3) is 0.276. The average molecular weight is 1190 g/mol. The number of pyridine rings is 2. The zero-order valence-electron chi connectivity index (χ0n) is 48.7. The van der Waals surface area contributed by atoms with Gasteiger partial charge >= 0.3 is 11.9 Å². The van der Waals surface area contributed by atoms with E-state index >= 15 is 0 Å². The number of hydrogen-bond acceptors (Lipinski definition) is 17. The van der Waals surface area contributed by atoms with Crippen LogP contribution in [0.2, 0.25) is 0 Å². The maximum absolute atomic E-state index is 13.5. The number of esters is 2. The molecule has 7 aromatic rings. The highest BCUT2D eigenvalue weighted by Crippen LogP contribution is 2.41. The summed E-state index contributed by atoms with van der Waals surface area (Å²) in [6.07, 6.45) is 14.9. The number of terminal acetylenes is 1. The molecule has 0 aliphatic rings. The average Bonchev–Trinajstić information content (AvgIpc) is 3.92. The molecule has 2 amide bonds. The molecule has 0 aliphatic heterocycles. The van der Waals surface area contributed by atoms with Gasteiger partial charge in [-0.05, 0) is 113 Å². The molecule has 0 radical (unpaired) electrons. The minimum atomic E-state index is -3.62. The van der Waals surface area contributed by atoms with Gasteiger partial charge in [-0.1, -0.05) is 69.9 Å². The van der Waals surface area contributed by atoms with Crippen molar-refractivity contribution in [1.29, 1.82) is 0 Å². The second kappa shape index (κ2) is 27.3. The van der Waals surface area contributed by atoms with E-state index in [2.05, 4.69) is 61.0 Å². The molecule has 0 fully saturated rings. The lowest BCUT2D eigenvalue weighted by atomic mass is 9.86. The zero-order valence-corrected chi connectivity index (χ0v) is 50.3. The van der Waals surface area contributed by atoms with Gasteiger partial charge in [-0.3, -0.25) is 29.0 Å². The van der Waals surface area contributed by atoms with E-state index in [1.807, 2.05) is 55.4 Å². The molecular weight excluding hydrogens is 1120 g/mol. The smallest absolute Gasteiger partial charge is 0.339 e. The molecular formula is C58H64N12O12S2. The maximum Gasteiger partial charge on any atom is 0.339 e. The number of hydrogen-bond donors (Lipinski definition) is 4. The summed E-state index contributed by atoms with van der Waals surface area (Å²) in [6.45, 7) is 15.7. The molecule has 4 aromatic carbocycles. The van der Waals surface area contributed by atoms with Crippen LogP contribution in [0, 0.1) is 26.2 Å². The standard InChI is InChI=1S/C29H32N6O6S.C22H26N2O4S.C7H6N4O2/c1-17-8-9-18(11-22(17)25-16-35(34-32-25)21-10-19(14-30-15-21)28(37)41-6)27(36)31-23-12-20(29(2,3)4)13-24(26(23)40-5)33-42(7,38)39;1-8-15-11-16(10-9-14(15)2)21(25)23-18-12-17(22(3,4)5)13-19(20(18)28-6)24-29(7,26)27;1-13-7(12)5-2-6(10-11-8)4-9-3-5/h8-16,33H,1-7H3,(H,31,36);1,9-13,24H,2-7H3,(H,23,25);2-4H,1H3. The molecule has 3 heterocycles. The Balaban J connectivity index is 0.000000264. The van der Waals surface area contributed by atoms with Crippen LogP contribution >= 0.6 is 0 Å². The van der Waals surface area contributed by atoms with Crippen molar-refractivity contribution in [2.75, 3.05) is 61.0 Å². The van der Waals surface area contributed by atoms with E-state index in [4.69, 9.17) is 26.2 Å². The van der Waals surface area contributed by atoms with Crippen LogP contribution in [0.25, 0.3) is 27.4 Å². The Morgan fingerprint density at radius 1 is 0.631 bits per heavy atom. The van der Waals surface area contributed by atoms with Crippen molar-refractivity contribution >= 4 is 72.2 Å². The number of aryl methyl sites for hydroxylation is 2. The molecule has 3 aromatic heterocycles. The number of benzene rings is 4. The van der Waals surface area contributed by atoms with Crippen LogP contribution in [0.4, 0.5) is 28.4 Å². The molecule has 26 heteroatoms. The molecule has 84 heavy (non-hydrogen) atoms. The lowest BCUT2D eigenvalue weighted by Crippen LogP contribution is -2.18. The second-order valence-corrected chi connectivity index (χ2v) is 24.2. The minimum absolute atomic E-state index is 0.180. The van der Waals surface area contributed by atoms with Gasteiger partial charge in [0.2, 0.25) is 20.0 Å². The molecule has 0 saturated carbocycles. The number of rotatable bonds is 15. The van der Waals surface area contributed by atoms with E-state index in [1.165, 1.54) is 64.0 Å². The van der Waals surface area contributed by atoms with E-state index in [0.717, 1.165) is 34.8 Å². The predicted molar refractivity (Wildman–Crippen MR) is 320 cm³/mol. The Kier molecular flexibility index (Phi) is 21.1. The fourth-order valence-electron chi connectivity index (χ4n) is 7.71. The third-order valence-corrected chi connectivity index (χ3v) is 13.2. The van der Waals surface area contributed by atoms with Gasteiger partial charge in [-0.15, -0.1) is 11.5 Å². The molecule has 7 rings (SSSR count). The van der Waals surface area contributed by atoms with E-state index in [0.29, 0.717) is 45.0 Å². The molecule has 0 saturated heterocycles. The van der Waals surface area contributed by atoms with Gasteiger partial charge in [-0.25, -0.2) is 31.1 Å². The number of aromatic nitrogens is 5. The summed E-state index contributed by atoms with van der Waals surface area (Å²) in [7, 11) is -1.80. The quantitative estimate of drug-likeness (QED) is 0.0244. The SMILES string of the molecule is C#Cc1cc(C(=O)Nc2cc(C(C)(C)C)cc(NS(C)(=O)=O)c2OC)ccc1C.COC(=O)c1cncc(-n2cc(-c3cc(C(=O)Nc4cc(C(C)(C)C)cc(NS(C)(=O)=O)c4OC)ccc3C)nn2)c1.COC(=O)c1cncc(N=[N+]=[N-])c1. The molecule has 0 atom stereocenters. The number of amides is 2. The van der Waals surface area contributed by atoms with Crippen LogP contribution in [0.1, 0.15) is 111 Å². The van der Waals surface area contributed by atoms with Crippen LogP contribution in [0.5, 0.6) is 11.5 Å².